The number of urea groups is 2. The minimum absolute atomic E-state index is 0.000297. The summed E-state index contributed by atoms with van der Waals surface area (Å²) in [5.74, 6) is -1.62. The van der Waals surface area contributed by atoms with Crippen LogP contribution in [0.5, 0.6) is 0 Å². The van der Waals surface area contributed by atoms with E-state index in [-0.39, 0.29) is 70.8 Å². The Morgan fingerprint density at radius 3 is 1.73 bits per heavy atom. The quantitative estimate of drug-likeness (QED) is 0.216. The van der Waals surface area contributed by atoms with Gasteiger partial charge in [-0.2, -0.15) is 0 Å². The molecule has 0 unspecified atom stereocenters. The molecule has 0 aliphatic carbocycles. The molecule has 1 aliphatic rings. The summed E-state index contributed by atoms with van der Waals surface area (Å²) >= 11 is 0. The van der Waals surface area contributed by atoms with Crippen molar-refractivity contribution in [3.05, 3.63) is 66.8 Å². The first kappa shape index (κ1) is 34.7. The molecule has 0 N–H and O–H groups in total. The highest BCUT2D eigenvalue weighted by molar-refractivity contribution is 5.96. The predicted molar refractivity (Wildman–Crippen MR) is 153 cm³/mol. The van der Waals surface area contributed by atoms with Crippen LogP contribution in [0.1, 0.15) is 34.1 Å². The Kier molecular flexibility index (Phi) is 12.6. The lowest BCUT2D eigenvalue weighted by Gasteiger charge is -2.40. The lowest BCUT2D eigenvalue weighted by atomic mass is 10.1. The fourth-order valence-corrected chi connectivity index (χ4v) is 4.35. The van der Waals surface area contributed by atoms with Crippen molar-refractivity contribution in [3.63, 3.8) is 0 Å². The number of carbonyl (C=O) groups excluding carboxylic acids is 4. The number of nitrogens with zero attached hydrogens (tertiary/aromatic N) is 6. The Bertz CT molecular complexity index is 1520. The van der Waals surface area contributed by atoms with Crippen LogP contribution in [0.3, 0.4) is 0 Å². The van der Waals surface area contributed by atoms with Gasteiger partial charge in [-0.05, 0) is 24.6 Å². The molecule has 1 aromatic heterocycles. The monoisotopic (exact) mass is 636 g/mol. The Morgan fingerprint density at radius 2 is 1.18 bits per heavy atom. The normalized spacial score (nSPS) is 13.4. The molecule has 0 atom stereocenters. The van der Waals surface area contributed by atoms with Crippen LogP contribution in [-0.2, 0) is 43.5 Å². The molecule has 2 heterocycles. The van der Waals surface area contributed by atoms with E-state index in [1.807, 2.05) is 0 Å². The van der Waals surface area contributed by atoms with E-state index in [0.717, 1.165) is 18.6 Å². The van der Waals surface area contributed by atoms with E-state index in [1.165, 1.54) is 55.4 Å². The van der Waals surface area contributed by atoms with Gasteiger partial charge >= 0.3 is 41.1 Å². The van der Waals surface area contributed by atoms with E-state index in [1.54, 1.807) is 6.92 Å². The molecular formula is C27H36N6O12. The molecule has 1 fully saturated rings. The van der Waals surface area contributed by atoms with Crippen LogP contribution in [0.25, 0.3) is 0 Å². The van der Waals surface area contributed by atoms with E-state index in [4.69, 9.17) is 23.7 Å². The molecule has 18 nitrogen and oxygen atoms in total. The van der Waals surface area contributed by atoms with Crippen LogP contribution in [0.4, 0.5) is 9.59 Å². The van der Waals surface area contributed by atoms with Crippen molar-refractivity contribution in [2.24, 2.45) is 0 Å². The summed E-state index contributed by atoms with van der Waals surface area (Å²) in [7, 11) is 4.03. The van der Waals surface area contributed by atoms with Gasteiger partial charge in [-0.25, -0.2) is 52.2 Å². The summed E-state index contributed by atoms with van der Waals surface area (Å²) in [5, 5.41) is 0. The predicted octanol–water partition coefficient (Wildman–Crippen LogP) is -0.476. The summed E-state index contributed by atoms with van der Waals surface area (Å²) in [6, 6.07) is 4.29. The van der Waals surface area contributed by atoms with Crippen molar-refractivity contribution in [1.29, 1.82) is 0 Å². The molecule has 18 heteroatoms. The fourth-order valence-electron chi connectivity index (χ4n) is 4.35. The average Bonchev–Trinajstić information content (AvgIpc) is 3.03. The van der Waals surface area contributed by atoms with Gasteiger partial charge in [0.05, 0.1) is 24.2 Å². The Labute approximate surface area is 256 Å². The van der Waals surface area contributed by atoms with Gasteiger partial charge < -0.3 is 28.6 Å². The van der Waals surface area contributed by atoms with Crippen LogP contribution in [0.15, 0.2) is 38.6 Å². The van der Waals surface area contributed by atoms with Gasteiger partial charge in [0.2, 0.25) is 0 Å². The van der Waals surface area contributed by atoms with Crippen molar-refractivity contribution in [2.45, 2.75) is 33.2 Å². The molecule has 2 aromatic rings. The molecule has 1 aliphatic heterocycles. The molecule has 0 radical (unpaired) electrons. The van der Waals surface area contributed by atoms with Crippen molar-refractivity contribution < 1.29 is 42.9 Å². The third-order valence-electron chi connectivity index (χ3n) is 6.45. The lowest BCUT2D eigenvalue weighted by Crippen LogP contribution is -2.62. The molecule has 1 saturated heterocycles. The third kappa shape index (κ3) is 8.22. The lowest BCUT2D eigenvalue weighted by molar-refractivity contribution is -0.00734. The van der Waals surface area contributed by atoms with E-state index in [0.29, 0.717) is 6.42 Å². The topological polar surface area (TPSA) is 190 Å². The second-order valence-electron chi connectivity index (χ2n) is 9.62. The van der Waals surface area contributed by atoms with Crippen LogP contribution in [0.2, 0.25) is 0 Å². The number of hydrogen-bond donors (Lipinski definition) is 0. The fraction of sp³-hybridized carbons (Fsp3) is 0.519. The smallest absolute Gasteiger partial charge is 0.338 e. The highest BCUT2D eigenvalue weighted by Gasteiger charge is 2.37. The van der Waals surface area contributed by atoms with Crippen molar-refractivity contribution in [1.82, 2.24) is 28.4 Å². The number of amides is 4. The van der Waals surface area contributed by atoms with Gasteiger partial charge in [0.25, 0.3) is 0 Å². The number of carbonyl (C=O) groups is 4. The highest BCUT2D eigenvalue weighted by atomic mass is 16.5. The summed E-state index contributed by atoms with van der Waals surface area (Å²) in [6.45, 7) is 0.0755. The van der Waals surface area contributed by atoms with E-state index in [9.17, 15) is 33.6 Å². The molecule has 246 valence electrons. The summed E-state index contributed by atoms with van der Waals surface area (Å²) < 4.78 is 27.8. The van der Waals surface area contributed by atoms with E-state index >= 15 is 0 Å². The zero-order chi connectivity index (χ0) is 33.1. The maximum atomic E-state index is 12.8. The Balaban J connectivity index is 1.61. The van der Waals surface area contributed by atoms with Gasteiger partial charge in [0.15, 0.2) is 0 Å². The molecule has 1 aromatic carbocycles. The number of imide groups is 1. The number of ether oxygens (including phenoxy) is 5. The van der Waals surface area contributed by atoms with E-state index in [2.05, 4.69) is 0 Å². The first-order valence-corrected chi connectivity index (χ1v) is 13.8. The number of rotatable bonds is 16. The first-order chi connectivity index (χ1) is 21.6. The van der Waals surface area contributed by atoms with Gasteiger partial charge in [-0.15, -0.1) is 0 Å². The van der Waals surface area contributed by atoms with Gasteiger partial charge in [-0.3, -0.25) is 4.90 Å². The summed E-state index contributed by atoms with van der Waals surface area (Å²) in [5.41, 5.74) is -2.52. The number of hydrogen-bond acceptors (Lipinski definition) is 12. The van der Waals surface area contributed by atoms with Crippen LogP contribution < -0.4 is 17.1 Å². The number of benzene rings is 1. The van der Waals surface area contributed by atoms with Crippen molar-refractivity contribution >= 4 is 24.0 Å². The van der Waals surface area contributed by atoms with Crippen LogP contribution in [-0.4, -0.2) is 114 Å². The zero-order valence-electron chi connectivity index (χ0n) is 25.5. The molecule has 0 saturated carbocycles. The molecule has 45 heavy (non-hydrogen) atoms. The molecular weight excluding hydrogens is 600 g/mol. The summed E-state index contributed by atoms with van der Waals surface area (Å²) in [6.07, 6.45) is 0.464. The number of aromatic nitrogens is 3. The maximum absolute atomic E-state index is 12.8. The maximum Gasteiger partial charge on any atom is 0.338 e. The Morgan fingerprint density at radius 1 is 0.667 bits per heavy atom. The second kappa shape index (κ2) is 16.3. The zero-order valence-corrected chi connectivity index (χ0v) is 25.5. The molecule has 0 spiro atoms. The largest absolute Gasteiger partial charge is 0.460 e. The highest BCUT2D eigenvalue weighted by Crippen LogP contribution is 2.14. The number of methoxy groups -OCH3 is 3. The average molecular weight is 637 g/mol. The van der Waals surface area contributed by atoms with Crippen LogP contribution >= 0.6 is 0 Å². The first-order valence-electron chi connectivity index (χ1n) is 13.8. The Hall–Kier alpha value is -4.81. The minimum Gasteiger partial charge on any atom is -0.460 e. The van der Waals surface area contributed by atoms with E-state index < -0.39 is 41.1 Å². The standard InChI is InChI=1S/C27H36N6O12/c1-5-9-30-25(38)31(27(40)33(18-43-4)26(30)39)11-13-45-22(35)20-8-6-7-19(14-20)21(34)44-12-10-28-15-29(16-41-2)24(37)32(17-42-3)23(28)36/h6-8,14H,5,9-13,15-18H2,1-4H3. The van der Waals surface area contributed by atoms with Crippen molar-refractivity contribution in [3.8, 4) is 0 Å². The van der Waals surface area contributed by atoms with Crippen molar-refractivity contribution in [2.75, 3.05) is 61.2 Å². The summed E-state index contributed by atoms with van der Waals surface area (Å²) in [4.78, 5) is 92.0. The number of esters is 2. The third-order valence-corrected chi connectivity index (χ3v) is 6.45. The van der Waals surface area contributed by atoms with Gasteiger partial charge in [0.1, 0.15) is 40.1 Å². The van der Waals surface area contributed by atoms with Crippen LogP contribution in [0, 0.1) is 0 Å². The van der Waals surface area contributed by atoms with Gasteiger partial charge in [0, 0.05) is 27.9 Å². The molecule has 4 amide bonds. The molecule has 3 rings (SSSR count). The molecule has 0 bridgehead atoms. The SMILES string of the molecule is CCCn1c(=O)n(CCOC(=O)c2cccc(C(=O)OCCN3CN(COC)C(=O)N(COC)C3=O)c2)c(=O)n(COC)c1=O. The minimum atomic E-state index is -0.907. The van der Waals surface area contributed by atoms with Gasteiger partial charge in [-0.1, -0.05) is 13.0 Å². The second-order valence-corrected chi connectivity index (χ2v) is 9.62.